The van der Waals surface area contributed by atoms with E-state index in [9.17, 15) is 5.11 Å². The molecule has 1 fully saturated rings. The third-order valence-electron chi connectivity index (χ3n) is 4.62. The fourth-order valence-corrected chi connectivity index (χ4v) is 3.36. The lowest BCUT2D eigenvalue weighted by Gasteiger charge is -2.32. The first kappa shape index (κ1) is 16.4. The minimum absolute atomic E-state index is 0.0356. The second-order valence-electron chi connectivity index (χ2n) is 6.85. The summed E-state index contributed by atoms with van der Waals surface area (Å²) < 4.78 is 11.5. The molecule has 2 aliphatic rings. The van der Waals surface area contributed by atoms with Gasteiger partial charge in [-0.3, -0.25) is 0 Å². The number of ether oxygens (including phenoxy) is 2. The molecule has 0 amide bonds. The molecular weight excluding hydrogens is 288 g/mol. The molecule has 2 unspecified atom stereocenters. The number of hydrogen-bond acceptors (Lipinski definition) is 3. The van der Waals surface area contributed by atoms with Gasteiger partial charge in [-0.15, -0.1) is 0 Å². The Morgan fingerprint density at radius 1 is 1.22 bits per heavy atom. The highest BCUT2D eigenvalue weighted by Gasteiger charge is 2.37. The van der Waals surface area contributed by atoms with Gasteiger partial charge in [0.1, 0.15) is 5.60 Å². The summed E-state index contributed by atoms with van der Waals surface area (Å²) in [6, 6.07) is 9.93. The van der Waals surface area contributed by atoms with E-state index in [2.05, 4.69) is 18.2 Å². The van der Waals surface area contributed by atoms with Crippen molar-refractivity contribution < 1.29 is 14.6 Å². The third kappa shape index (κ3) is 3.74. The molecule has 3 heteroatoms. The topological polar surface area (TPSA) is 38.7 Å². The Morgan fingerprint density at radius 2 is 2.00 bits per heavy atom. The maximum absolute atomic E-state index is 11.5. The summed E-state index contributed by atoms with van der Waals surface area (Å²) in [5.41, 5.74) is 0.970. The molecule has 124 valence electrons. The summed E-state index contributed by atoms with van der Waals surface area (Å²) in [7, 11) is 0. The highest BCUT2D eigenvalue weighted by molar-refractivity contribution is 5.39. The van der Waals surface area contributed by atoms with E-state index in [1.807, 2.05) is 44.2 Å². The molecule has 0 radical (unpaired) electrons. The van der Waals surface area contributed by atoms with Crippen LogP contribution in [0, 0.1) is 0 Å². The minimum Gasteiger partial charge on any atom is -0.380 e. The van der Waals surface area contributed by atoms with E-state index in [4.69, 9.17) is 9.47 Å². The fourth-order valence-electron chi connectivity index (χ4n) is 3.36. The summed E-state index contributed by atoms with van der Waals surface area (Å²) in [6.07, 6.45) is 9.81. The van der Waals surface area contributed by atoms with Crippen LogP contribution in [-0.2, 0) is 15.1 Å². The standard InChI is InChI=1S/C20H26O3/c1-19(2)22-15-18(23-19)13-14-20(21,16-9-5-3-6-10-16)17-11-7-4-8-12-17/h3,5-7,9-12,18,21H,4,8,13-15H2,1-2H3. The van der Waals surface area contributed by atoms with Crippen LogP contribution in [0.3, 0.4) is 0 Å². The molecule has 0 aromatic heterocycles. The monoisotopic (exact) mass is 314 g/mol. The molecule has 1 aromatic rings. The van der Waals surface area contributed by atoms with E-state index >= 15 is 0 Å². The van der Waals surface area contributed by atoms with Gasteiger partial charge in [0, 0.05) is 0 Å². The molecule has 0 spiro atoms. The maximum Gasteiger partial charge on any atom is 0.163 e. The van der Waals surface area contributed by atoms with Crippen molar-refractivity contribution in [2.75, 3.05) is 6.61 Å². The summed E-state index contributed by atoms with van der Waals surface area (Å²) in [4.78, 5) is 0. The fraction of sp³-hybridized carbons (Fsp3) is 0.500. The molecule has 1 aliphatic carbocycles. The van der Waals surface area contributed by atoms with Crippen LogP contribution in [0.1, 0.15) is 45.1 Å². The first-order chi connectivity index (χ1) is 11.0. The Hall–Kier alpha value is -1.42. The molecule has 0 saturated carbocycles. The molecule has 23 heavy (non-hydrogen) atoms. The molecule has 1 N–H and O–H groups in total. The predicted molar refractivity (Wildman–Crippen MR) is 90.9 cm³/mol. The number of benzene rings is 1. The van der Waals surface area contributed by atoms with Gasteiger partial charge >= 0.3 is 0 Å². The third-order valence-corrected chi connectivity index (χ3v) is 4.62. The van der Waals surface area contributed by atoms with Gasteiger partial charge in [0.15, 0.2) is 5.79 Å². The van der Waals surface area contributed by atoms with Crippen molar-refractivity contribution in [2.24, 2.45) is 0 Å². The van der Waals surface area contributed by atoms with E-state index < -0.39 is 11.4 Å². The van der Waals surface area contributed by atoms with Gasteiger partial charge < -0.3 is 14.6 Å². The van der Waals surface area contributed by atoms with Crippen molar-refractivity contribution in [1.29, 1.82) is 0 Å². The zero-order valence-electron chi connectivity index (χ0n) is 14.0. The van der Waals surface area contributed by atoms with E-state index in [1.54, 1.807) is 0 Å². The van der Waals surface area contributed by atoms with Crippen LogP contribution in [0.4, 0.5) is 0 Å². The second-order valence-corrected chi connectivity index (χ2v) is 6.85. The van der Waals surface area contributed by atoms with Crippen LogP contribution in [0.5, 0.6) is 0 Å². The largest absolute Gasteiger partial charge is 0.380 e. The molecule has 2 atom stereocenters. The Bertz CT molecular complexity index is 588. The lowest BCUT2D eigenvalue weighted by Crippen LogP contribution is -2.30. The van der Waals surface area contributed by atoms with Crippen LogP contribution in [-0.4, -0.2) is 23.6 Å². The number of allylic oxidation sites excluding steroid dienone is 2. The second kappa shape index (κ2) is 6.60. The molecule has 3 nitrogen and oxygen atoms in total. The van der Waals surface area contributed by atoms with Crippen molar-refractivity contribution in [2.45, 2.75) is 57.0 Å². The van der Waals surface area contributed by atoms with Crippen LogP contribution in [0.25, 0.3) is 0 Å². The highest BCUT2D eigenvalue weighted by atomic mass is 16.7. The van der Waals surface area contributed by atoms with E-state index in [-0.39, 0.29) is 6.10 Å². The Balaban J connectivity index is 1.79. The van der Waals surface area contributed by atoms with E-state index in [1.165, 1.54) is 0 Å². The van der Waals surface area contributed by atoms with Crippen molar-refractivity contribution in [3.8, 4) is 0 Å². The summed E-state index contributed by atoms with van der Waals surface area (Å²) in [5, 5.41) is 11.5. The predicted octanol–water partition coefficient (Wildman–Crippen LogP) is 4.08. The average Bonchev–Trinajstić information content (AvgIpc) is 2.93. The summed E-state index contributed by atoms with van der Waals surface area (Å²) in [5.74, 6) is -0.514. The van der Waals surface area contributed by atoms with Crippen molar-refractivity contribution in [3.63, 3.8) is 0 Å². The molecule has 1 saturated heterocycles. The van der Waals surface area contributed by atoms with Gasteiger partial charge in [-0.05, 0) is 50.7 Å². The normalized spacial score (nSPS) is 25.9. The van der Waals surface area contributed by atoms with Crippen molar-refractivity contribution in [3.05, 3.63) is 59.7 Å². The molecule has 3 rings (SSSR count). The SMILES string of the molecule is CC1(C)OCC(CCC(O)(C2=CCCC=C2)c2ccccc2)O1. The number of aliphatic hydroxyl groups is 1. The summed E-state index contributed by atoms with van der Waals surface area (Å²) >= 11 is 0. The van der Waals surface area contributed by atoms with Gasteiger partial charge in [0.2, 0.25) is 0 Å². The highest BCUT2D eigenvalue weighted by Crippen LogP contribution is 2.38. The van der Waals surface area contributed by atoms with E-state index in [0.29, 0.717) is 13.0 Å². The molecular formula is C20H26O3. The number of rotatable bonds is 5. The quantitative estimate of drug-likeness (QED) is 0.890. The summed E-state index contributed by atoms with van der Waals surface area (Å²) in [6.45, 7) is 4.46. The van der Waals surface area contributed by atoms with Gasteiger partial charge in [-0.25, -0.2) is 0 Å². The molecule has 1 aliphatic heterocycles. The van der Waals surface area contributed by atoms with Crippen LogP contribution >= 0.6 is 0 Å². The first-order valence-corrected chi connectivity index (χ1v) is 8.46. The average molecular weight is 314 g/mol. The van der Waals surface area contributed by atoms with Crippen LogP contribution < -0.4 is 0 Å². The van der Waals surface area contributed by atoms with Gasteiger partial charge in [0.25, 0.3) is 0 Å². The van der Waals surface area contributed by atoms with Crippen LogP contribution in [0.2, 0.25) is 0 Å². The Kier molecular flexibility index (Phi) is 4.72. The zero-order chi connectivity index (χ0) is 16.3. The molecule has 1 heterocycles. The van der Waals surface area contributed by atoms with Gasteiger partial charge in [-0.1, -0.05) is 48.6 Å². The maximum atomic E-state index is 11.5. The van der Waals surface area contributed by atoms with Crippen molar-refractivity contribution in [1.82, 2.24) is 0 Å². The minimum atomic E-state index is -0.964. The van der Waals surface area contributed by atoms with Crippen LogP contribution in [0.15, 0.2) is 54.1 Å². The Morgan fingerprint density at radius 3 is 2.61 bits per heavy atom. The smallest absolute Gasteiger partial charge is 0.163 e. The lowest BCUT2D eigenvalue weighted by molar-refractivity contribution is -0.140. The lowest BCUT2D eigenvalue weighted by atomic mass is 9.79. The Labute approximate surface area is 138 Å². The molecule has 0 bridgehead atoms. The van der Waals surface area contributed by atoms with Crippen molar-refractivity contribution >= 4 is 0 Å². The number of hydrogen-bond donors (Lipinski definition) is 1. The zero-order valence-corrected chi connectivity index (χ0v) is 14.0. The first-order valence-electron chi connectivity index (χ1n) is 8.46. The molecule has 1 aromatic carbocycles. The van der Waals surface area contributed by atoms with Gasteiger partial charge in [-0.2, -0.15) is 0 Å². The van der Waals surface area contributed by atoms with Gasteiger partial charge in [0.05, 0.1) is 12.7 Å². The van der Waals surface area contributed by atoms with E-state index in [0.717, 1.165) is 30.4 Å².